The number of hydrogen-bond acceptors (Lipinski definition) is 4. The highest BCUT2D eigenvalue weighted by Gasteiger charge is 2.30. The van der Waals surface area contributed by atoms with Gasteiger partial charge in [0.25, 0.3) is 0 Å². The Labute approximate surface area is 101 Å². The lowest BCUT2D eigenvalue weighted by Gasteiger charge is -2.23. The molecule has 1 saturated carbocycles. The van der Waals surface area contributed by atoms with Gasteiger partial charge >= 0.3 is 0 Å². The van der Waals surface area contributed by atoms with E-state index in [0.717, 1.165) is 42.9 Å². The molecule has 1 aliphatic carbocycles. The van der Waals surface area contributed by atoms with Crippen LogP contribution in [0.5, 0.6) is 11.5 Å². The highest BCUT2D eigenvalue weighted by molar-refractivity contribution is 5.55. The van der Waals surface area contributed by atoms with Crippen molar-refractivity contribution < 1.29 is 14.6 Å². The molecule has 0 amide bonds. The maximum absolute atomic E-state index is 10.2. The van der Waals surface area contributed by atoms with Crippen LogP contribution in [0.15, 0.2) is 18.2 Å². The van der Waals surface area contributed by atoms with Crippen LogP contribution in [0.3, 0.4) is 0 Å². The van der Waals surface area contributed by atoms with Gasteiger partial charge in [-0.25, -0.2) is 0 Å². The average molecular weight is 235 g/mol. The van der Waals surface area contributed by atoms with Crippen LogP contribution in [0.1, 0.15) is 25.7 Å². The number of ether oxygens (including phenoxy) is 2. The molecule has 4 heteroatoms. The lowest BCUT2D eigenvalue weighted by molar-refractivity contribution is 0.0614. The second-order valence-electron chi connectivity index (χ2n) is 4.85. The predicted octanol–water partition coefficient (Wildman–Crippen LogP) is 2.13. The fraction of sp³-hybridized carbons (Fsp3) is 0.538. The van der Waals surface area contributed by atoms with E-state index in [1.165, 1.54) is 0 Å². The second-order valence-corrected chi connectivity index (χ2v) is 4.85. The summed E-state index contributed by atoms with van der Waals surface area (Å²) in [7, 11) is 0. The number of benzene rings is 1. The molecule has 1 aliphatic heterocycles. The number of hydrogen-bond donors (Lipinski definition) is 2. The van der Waals surface area contributed by atoms with Crippen LogP contribution in [-0.4, -0.2) is 24.0 Å². The summed E-state index contributed by atoms with van der Waals surface area (Å²) in [4.78, 5) is 0. The zero-order valence-electron chi connectivity index (χ0n) is 9.74. The van der Waals surface area contributed by atoms with Crippen molar-refractivity contribution in [1.29, 1.82) is 0 Å². The first-order valence-corrected chi connectivity index (χ1v) is 6.11. The van der Waals surface area contributed by atoms with E-state index in [0.29, 0.717) is 13.3 Å². The van der Waals surface area contributed by atoms with Crippen molar-refractivity contribution in [3.63, 3.8) is 0 Å². The van der Waals surface area contributed by atoms with Crippen molar-refractivity contribution in [1.82, 2.24) is 0 Å². The van der Waals surface area contributed by atoms with Crippen LogP contribution in [0.4, 0.5) is 5.69 Å². The Morgan fingerprint density at radius 2 is 1.94 bits per heavy atom. The van der Waals surface area contributed by atoms with Gasteiger partial charge in [-0.05, 0) is 25.0 Å². The number of aliphatic hydroxyl groups is 1. The molecule has 0 saturated heterocycles. The van der Waals surface area contributed by atoms with Crippen LogP contribution in [0.25, 0.3) is 0 Å². The molecule has 0 atom stereocenters. The van der Waals surface area contributed by atoms with Crippen molar-refractivity contribution in [3.05, 3.63) is 18.2 Å². The fourth-order valence-electron chi connectivity index (χ4n) is 2.48. The average Bonchev–Trinajstić information content (AvgIpc) is 2.95. The highest BCUT2D eigenvalue weighted by atomic mass is 16.7. The van der Waals surface area contributed by atoms with E-state index in [9.17, 15) is 5.11 Å². The molecule has 17 heavy (non-hydrogen) atoms. The van der Waals surface area contributed by atoms with E-state index >= 15 is 0 Å². The Bertz CT molecular complexity index is 413. The molecule has 1 heterocycles. The third kappa shape index (κ3) is 2.17. The summed E-state index contributed by atoms with van der Waals surface area (Å²) < 4.78 is 10.6. The molecule has 1 aromatic carbocycles. The molecular weight excluding hydrogens is 218 g/mol. The molecule has 2 aliphatic rings. The maximum Gasteiger partial charge on any atom is 0.231 e. The normalized spacial score (nSPS) is 20.5. The standard InChI is InChI=1S/C13H17NO3/c15-13(5-1-2-6-13)8-14-10-3-4-11-12(7-10)17-9-16-11/h3-4,7,14-15H,1-2,5-6,8-9H2. The molecule has 92 valence electrons. The molecule has 0 radical (unpaired) electrons. The lowest BCUT2D eigenvalue weighted by atomic mass is 10.0. The monoisotopic (exact) mass is 235 g/mol. The SMILES string of the molecule is OC1(CNc2ccc3c(c2)OCO3)CCCC1. The first kappa shape index (κ1) is 10.7. The predicted molar refractivity (Wildman–Crippen MR) is 64.5 cm³/mol. The van der Waals surface area contributed by atoms with E-state index in [2.05, 4.69) is 5.32 Å². The van der Waals surface area contributed by atoms with Crippen LogP contribution in [0.2, 0.25) is 0 Å². The van der Waals surface area contributed by atoms with Crippen LogP contribution in [-0.2, 0) is 0 Å². The van der Waals surface area contributed by atoms with Crippen molar-refractivity contribution in [3.8, 4) is 11.5 Å². The first-order chi connectivity index (χ1) is 8.25. The third-order valence-electron chi connectivity index (χ3n) is 3.53. The summed E-state index contributed by atoms with van der Waals surface area (Å²) in [6.07, 6.45) is 4.04. The zero-order valence-corrected chi connectivity index (χ0v) is 9.74. The van der Waals surface area contributed by atoms with E-state index in [4.69, 9.17) is 9.47 Å². The Morgan fingerprint density at radius 3 is 2.76 bits per heavy atom. The van der Waals surface area contributed by atoms with Gasteiger partial charge in [0.2, 0.25) is 6.79 Å². The highest BCUT2D eigenvalue weighted by Crippen LogP contribution is 2.35. The summed E-state index contributed by atoms with van der Waals surface area (Å²) in [6, 6.07) is 5.76. The van der Waals surface area contributed by atoms with Crippen molar-refractivity contribution >= 4 is 5.69 Å². The summed E-state index contributed by atoms with van der Waals surface area (Å²) in [5.41, 5.74) is 0.436. The summed E-state index contributed by atoms with van der Waals surface area (Å²) >= 11 is 0. The van der Waals surface area contributed by atoms with Crippen LogP contribution < -0.4 is 14.8 Å². The van der Waals surface area contributed by atoms with Crippen LogP contribution >= 0.6 is 0 Å². The van der Waals surface area contributed by atoms with Crippen molar-refractivity contribution in [2.75, 3.05) is 18.7 Å². The first-order valence-electron chi connectivity index (χ1n) is 6.11. The molecule has 4 nitrogen and oxygen atoms in total. The lowest BCUT2D eigenvalue weighted by Crippen LogP contribution is -2.33. The molecule has 1 fully saturated rings. The molecule has 1 aromatic rings. The molecule has 0 spiro atoms. The van der Waals surface area contributed by atoms with Gasteiger partial charge in [0, 0.05) is 18.3 Å². The van der Waals surface area contributed by atoms with Gasteiger partial charge in [0.15, 0.2) is 11.5 Å². The zero-order chi connectivity index (χ0) is 11.7. The smallest absolute Gasteiger partial charge is 0.231 e. The van der Waals surface area contributed by atoms with E-state index in [-0.39, 0.29) is 0 Å². The Kier molecular flexibility index (Phi) is 2.59. The third-order valence-corrected chi connectivity index (χ3v) is 3.53. The Morgan fingerprint density at radius 1 is 1.18 bits per heavy atom. The van der Waals surface area contributed by atoms with Crippen molar-refractivity contribution in [2.24, 2.45) is 0 Å². The molecular formula is C13H17NO3. The minimum absolute atomic E-state index is 0.294. The van der Waals surface area contributed by atoms with Crippen molar-refractivity contribution in [2.45, 2.75) is 31.3 Å². The molecule has 0 bridgehead atoms. The van der Waals surface area contributed by atoms with Gasteiger partial charge in [-0.15, -0.1) is 0 Å². The number of rotatable bonds is 3. The quantitative estimate of drug-likeness (QED) is 0.842. The summed E-state index contributed by atoms with van der Waals surface area (Å²) in [5, 5.41) is 13.5. The number of nitrogens with one attached hydrogen (secondary N) is 1. The van der Waals surface area contributed by atoms with Gasteiger partial charge in [-0.3, -0.25) is 0 Å². The minimum Gasteiger partial charge on any atom is -0.454 e. The number of anilines is 1. The minimum atomic E-state index is -0.531. The van der Waals surface area contributed by atoms with Gasteiger partial charge in [0.1, 0.15) is 0 Å². The summed E-state index contributed by atoms with van der Waals surface area (Å²) in [5.74, 6) is 1.56. The molecule has 0 unspecified atom stereocenters. The fourth-order valence-corrected chi connectivity index (χ4v) is 2.48. The van der Waals surface area contributed by atoms with Gasteiger partial charge in [-0.1, -0.05) is 12.8 Å². The van der Waals surface area contributed by atoms with E-state index < -0.39 is 5.60 Å². The molecule has 3 rings (SSSR count). The topological polar surface area (TPSA) is 50.7 Å². The molecule has 2 N–H and O–H groups in total. The summed E-state index contributed by atoms with van der Waals surface area (Å²) in [6.45, 7) is 0.898. The molecule has 0 aromatic heterocycles. The Hall–Kier alpha value is -1.42. The van der Waals surface area contributed by atoms with Gasteiger partial charge < -0.3 is 19.9 Å². The van der Waals surface area contributed by atoms with E-state index in [1.54, 1.807) is 0 Å². The van der Waals surface area contributed by atoms with Crippen LogP contribution in [0, 0.1) is 0 Å². The second kappa shape index (κ2) is 4.11. The Balaban J connectivity index is 1.65. The van der Waals surface area contributed by atoms with Gasteiger partial charge in [-0.2, -0.15) is 0 Å². The largest absolute Gasteiger partial charge is 0.454 e. The maximum atomic E-state index is 10.2. The van der Waals surface area contributed by atoms with Gasteiger partial charge in [0.05, 0.1) is 5.60 Å². The number of fused-ring (bicyclic) bond motifs is 1. The van der Waals surface area contributed by atoms with E-state index in [1.807, 2.05) is 18.2 Å².